The van der Waals surface area contributed by atoms with E-state index in [0.29, 0.717) is 17.0 Å². The number of carbonyl (C=O) groups excluding carboxylic acids is 1. The molecule has 33 heavy (non-hydrogen) atoms. The summed E-state index contributed by atoms with van der Waals surface area (Å²) in [6, 6.07) is 15.8. The minimum atomic E-state index is -4.36. The summed E-state index contributed by atoms with van der Waals surface area (Å²) in [4.78, 5) is 19.0. The van der Waals surface area contributed by atoms with Gasteiger partial charge in [0.1, 0.15) is 12.4 Å². The van der Waals surface area contributed by atoms with Gasteiger partial charge in [-0.1, -0.05) is 18.2 Å². The van der Waals surface area contributed by atoms with E-state index in [1.807, 2.05) is 12.1 Å². The molecule has 4 rings (SSSR count). The van der Waals surface area contributed by atoms with Crippen molar-refractivity contribution in [3.8, 4) is 5.75 Å². The molecule has 1 aliphatic heterocycles. The maximum Gasteiger partial charge on any atom is 0.416 e. The molecule has 1 fully saturated rings. The number of hydrogen-bond donors (Lipinski definition) is 1. The summed E-state index contributed by atoms with van der Waals surface area (Å²) in [5.74, 6) is 0.435. The van der Waals surface area contributed by atoms with Crippen LogP contribution in [0.1, 0.15) is 24.0 Å². The van der Waals surface area contributed by atoms with Gasteiger partial charge in [-0.15, -0.1) is 0 Å². The first-order valence-electron chi connectivity index (χ1n) is 10.7. The zero-order valence-corrected chi connectivity index (χ0v) is 17.9. The number of alkyl halides is 3. The van der Waals surface area contributed by atoms with Crippen LogP contribution in [0, 0.1) is 5.92 Å². The van der Waals surface area contributed by atoms with Gasteiger partial charge in [-0.05, 0) is 54.8 Å². The summed E-state index contributed by atoms with van der Waals surface area (Å²) >= 11 is 0. The van der Waals surface area contributed by atoms with Crippen molar-refractivity contribution in [1.29, 1.82) is 0 Å². The minimum absolute atomic E-state index is 0.0238. The standard InChI is InChI=1S/C25H24F3N3O2/c26-25(27,28)20-6-4-18(5-7-20)17-33-23-3-1-2-21(16-23)30-24(32)19-10-14-31(15-11-19)22-8-12-29-13-9-22/h1-9,12-13,16,19H,10-11,14-15,17H2,(H,30,32). The third kappa shape index (κ3) is 6.03. The van der Waals surface area contributed by atoms with Crippen molar-refractivity contribution in [1.82, 2.24) is 4.98 Å². The van der Waals surface area contributed by atoms with E-state index in [4.69, 9.17) is 4.74 Å². The first-order chi connectivity index (χ1) is 15.9. The number of carbonyl (C=O) groups is 1. The Kier molecular flexibility index (Phi) is 6.82. The Hall–Kier alpha value is -3.55. The highest BCUT2D eigenvalue weighted by Gasteiger charge is 2.30. The van der Waals surface area contributed by atoms with E-state index in [2.05, 4.69) is 15.2 Å². The molecule has 0 radical (unpaired) electrons. The lowest BCUT2D eigenvalue weighted by Gasteiger charge is -2.32. The number of amides is 1. The number of piperidine rings is 1. The molecule has 1 saturated heterocycles. The molecule has 2 heterocycles. The van der Waals surface area contributed by atoms with E-state index >= 15 is 0 Å². The van der Waals surface area contributed by atoms with E-state index in [1.165, 1.54) is 12.1 Å². The highest BCUT2D eigenvalue weighted by molar-refractivity contribution is 5.92. The largest absolute Gasteiger partial charge is 0.489 e. The van der Waals surface area contributed by atoms with Gasteiger partial charge in [0.2, 0.25) is 5.91 Å². The fourth-order valence-corrected chi connectivity index (χ4v) is 3.82. The van der Waals surface area contributed by atoms with E-state index in [-0.39, 0.29) is 18.4 Å². The highest BCUT2D eigenvalue weighted by atomic mass is 19.4. The van der Waals surface area contributed by atoms with Gasteiger partial charge in [-0.25, -0.2) is 0 Å². The maximum absolute atomic E-state index is 12.7. The third-order valence-electron chi connectivity index (χ3n) is 5.68. The van der Waals surface area contributed by atoms with Crippen molar-refractivity contribution in [2.75, 3.05) is 23.3 Å². The second-order valence-corrected chi connectivity index (χ2v) is 7.97. The van der Waals surface area contributed by atoms with Gasteiger partial charge in [0, 0.05) is 48.8 Å². The minimum Gasteiger partial charge on any atom is -0.489 e. The predicted octanol–water partition coefficient (Wildman–Crippen LogP) is 5.53. The van der Waals surface area contributed by atoms with Gasteiger partial charge >= 0.3 is 6.18 Å². The van der Waals surface area contributed by atoms with Crippen LogP contribution in [0.2, 0.25) is 0 Å². The molecule has 0 bridgehead atoms. The number of hydrogen-bond acceptors (Lipinski definition) is 4. The molecule has 1 aromatic heterocycles. The monoisotopic (exact) mass is 455 g/mol. The summed E-state index contributed by atoms with van der Waals surface area (Å²) in [6.45, 7) is 1.74. The normalized spacial score (nSPS) is 14.7. The number of anilines is 2. The number of nitrogens with one attached hydrogen (secondary N) is 1. The van der Waals surface area contributed by atoms with Crippen LogP contribution in [0.15, 0.2) is 73.1 Å². The number of ether oxygens (including phenoxy) is 1. The SMILES string of the molecule is O=C(Nc1cccc(OCc2ccc(C(F)(F)F)cc2)c1)C1CCN(c2ccncc2)CC1. The van der Waals surface area contributed by atoms with Gasteiger partial charge < -0.3 is 15.0 Å². The highest BCUT2D eigenvalue weighted by Crippen LogP contribution is 2.29. The predicted molar refractivity (Wildman–Crippen MR) is 120 cm³/mol. The van der Waals surface area contributed by atoms with Crippen LogP contribution in [0.25, 0.3) is 0 Å². The summed E-state index contributed by atoms with van der Waals surface area (Å²) in [7, 11) is 0. The average molecular weight is 455 g/mol. The topological polar surface area (TPSA) is 54.5 Å². The molecule has 0 saturated carbocycles. The van der Waals surface area contributed by atoms with Gasteiger partial charge in [0.05, 0.1) is 5.56 Å². The van der Waals surface area contributed by atoms with Crippen LogP contribution in [0.3, 0.4) is 0 Å². The average Bonchev–Trinajstić information content (AvgIpc) is 2.83. The molecule has 5 nitrogen and oxygen atoms in total. The molecule has 0 spiro atoms. The third-order valence-corrected chi connectivity index (χ3v) is 5.68. The Balaban J connectivity index is 1.28. The maximum atomic E-state index is 12.7. The molecule has 3 aromatic rings. The zero-order chi connectivity index (χ0) is 23.3. The molecule has 2 aromatic carbocycles. The van der Waals surface area contributed by atoms with Gasteiger partial charge in [0.25, 0.3) is 0 Å². The van der Waals surface area contributed by atoms with Gasteiger partial charge in [-0.3, -0.25) is 9.78 Å². The number of aromatic nitrogens is 1. The molecule has 0 unspecified atom stereocenters. The van der Waals surface area contributed by atoms with Crippen LogP contribution in [-0.4, -0.2) is 24.0 Å². The van der Waals surface area contributed by atoms with Crippen molar-refractivity contribution in [2.24, 2.45) is 5.92 Å². The molecule has 0 atom stereocenters. The van der Waals surface area contributed by atoms with Gasteiger partial charge in [0.15, 0.2) is 0 Å². The molecular formula is C25H24F3N3O2. The molecule has 1 amide bonds. The lowest BCUT2D eigenvalue weighted by atomic mass is 9.95. The zero-order valence-electron chi connectivity index (χ0n) is 17.9. The van der Waals surface area contributed by atoms with Crippen LogP contribution in [-0.2, 0) is 17.6 Å². The number of halogens is 3. The Morgan fingerprint density at radius 2 is 1.73 bits per heavy atom. The van der Waals surface area contributed by atoms with Crippen molar-refractivity contribution in [3.63, 3.8) is 0 Å². The first kappa shape index (κ1) is 22.6. The lowest BCUT2D eigenvalue weighted by molar-refractivity contribution is -0.137. The fourth-order valence-electron chi connectivity index (χ4n) is 3.82. The van der Waals surface area contributed by atoms with Crippen molar-refractivity contribution in [2.45, 2.75) is 25.6 Å². The Bertz CT molecular complexity index is 1060. The van der Waals surface area contributed by atoms with E-state index in [1.54, 1.807) is 36.7 Å². The summed E-state index contributed by atoms with van der Waals surface area (Å²) in [5, 5.41) is 2.96. The fraction of sp³-hybridized carbons (Fsp3) is 0.280. The quantitative estimate of drug-likeness (QED) is 0.531. The summed E-state index contributed by atoms with van der Waals surface area (Å²) in [6.07, 6.45) is 0.694. The molecule has 1 N–H and O–H groups in total. The Morgan fingerprint density at radius 3 is 2.39 bits per heavy atom. The van der Waals surface area contributed by atoms with Crippen molar-refractivity contribution < 1.29 is 22.7 Å². The van der Waals surface area contributed by atoms with Gasteiger partial charge in [-0.2, -0.15) is 13.2 Å². The smallest absolute Gasteiger partial charge is 0.416 e. The Morgan fingerprint density at radius 1 is 1.03 bits per heavy atom. The first-order valence-corrected chi connectivity index (χ1v) is 10.7. The van der Waals surface area contributed by atoms with Crippen LogP contribution in [0.5, 0.6) is 5.75 Å². The molecule has 8 heteroatoms. The molecule has 1 aliphatic rings. The van der Waals surface area contributed by atoms with Crippen LogP contribution < -0.4 is 15.0 Å². The Labute approximate surface area is 190 Å². The molecule has 0 aliphatic carbocycles. The molecular weight excluding hydrogens is 431 g/mol. The van der Waals surface area contributed by atoms with E-state index in [0.717, 1.165) is 43.8 Å². The van der Waals surface area contributed by atoms with E-state index in [9.17, 15) is 18.0 Å². The van der Waals surface area contributed by atoms with Crippen molar-refractivity contribution in [3.05, 3.63) is 84.2 Å². The summed E-state index contributed by atoms with van der Waals surface area (Å²) in [5.41, 5.74) is 1.67. The second kappa shape index (κ2) is 9.94. The van der Waals surface area contributed by atoms with Crippen LogP contribution >= 0.6 is 0 Å². The second-order valence-electron chi connectivity index (χ2n) is 7.97. The summed E-state index contributed by atoms with van der Waals surface area (Å²) < 4.78 is 43.7. The van der Waals surface area contributed by atoms with E-state index < -0.39 is 11.7 Å². The molecule has 172 valence electrons. The lowest BCUT2D eigenvalue weighted by Crippen LogP contribution is -2.38. The number of pyridine rings is 1. The number of benzene rings is 2. The number of nitrogens with zero attached hydrogens (tertiary/aromatic N) is 2. The number of rotatable bonds is 6. The van der Waals surface area contributed by atoms with Crippen LogP contribution in [0.4, 0.5) is 24.5 Å². The van der Waals surface area contributed by atoms with Crippen molar-refractivity contribution >= 4 is 17.3 Å².